The van der Waals surface area contributed by atoms with Gasteiger partial charge in [0.2, 0.25) is 0 Å². The van der Waals surface area contributed by atoms with Crippen LogP contribution in [0.1, 0.15) is 85.9 Å². The second-order valence-corrected chi connectivity index (χ2v) is 12.8. The van der Waals surface area contributed by atoms with Crippen molar-refractivity contribution in [3.63, 3.8) is 0 Å². The molecule has 1 N–H and O–H groups in total. The van der Waals surface area contributed by atoms with E-state index in [-0.39, 0.29) is 30.9 Å². The van der Waals surface area contributed by atoms with Crippen molar-refractivity contribution in [1.82, 2.24) is 20.0 Å². The predicted octanol–water partition coefficient (Wildman–Crippen LogP) is 7.98. The van der Waals surface area contributed by atoms with Gasteiger partial charge in [-0.05, 0) is 89.0 Å². The van der Waals surface area contributed by atoms with Crippen molar-refractivity contribution >= 4 is 17.9 Å². The van der Waals surface area contributed by atoms with E-state index in [1.165, 1.54) is 11.8 Å². The highest BCUT2D eigenvalue weighted by Crippen LogP contribution is 2.42. The third-order valence-corrected chi connectivity index (χ3v) is 9.35. The molecular weight excluding hydrogens is 660 g/mol. The number of rotatable bonds is 10. The van der Waals surface area contributed by atoms with Crippen molar-refractivity contribution in [2.24, 2.45) is 11.8 Å². The van der Waals surface area contributed by atoms with Crippen LogP contribution in [-0.2, 0) is 28.4 Å². The molecule has 3 heterocycles. The lowest BCUT2D eigenvalue weighted by molar-refractivity contribution is -0.143. The fourth-order valence-corrected chi connectivity index (χ4v) is 6.77. The number of nitrogens with zero attached hydrogens (tertiary/aromatic N) is 5. The number of aliphatic carboxylic acids is 1. The average Bonchev–Trinajstić information content (AvgIpc) is 3.51. The number of carbonyl (C=O) groups is 2. The maximum absolute atomic E-state index is 13.6. The van der Waals surface area contributed by atoms with Crippen molar-refractivity contribution < 1.29 is 50.3 Å². The quantitative estimate of drug-likeness (QED) is 0.210. The number of carboxylic acids is 1. The van der Waals surface area contributed by atoms with Gasteiger partial charge in [-0.2, -0.15) is 26.3 Å². The van der Waals surface area contributed by atoms with E-state index in [0.717, 1.165) is 25.7 Å². The summed E-state index contributed by atoms with van der Waals surface area (Å²) < 4.78 is 92.5. The van der Waals surface area contributed by atoms with E-state index < -0.39 is 53.3 Å². The van der Waals surface area contributed by atoms with Crippen LogP contribution in [0, 0.1) is 25.7 Å². The molecule has 2 atom stereocenters. The van der Waals surface area contributed by atoms with Crippen LogP contribution in [0.2, 0.25) is 0 Å². The van der Waals surface area contributed by atoms with Gasteiger partial charge in [0.15, 0.2) is 5.82 Å². The molecule has 0 radical (unpaired) electrons. The topological polar surface area (TPSA) is 122 Å². The first-order valence-corrected chi connectivity index (χ1v) is 16.0. The van der Waals surface area contributed by atoms with Gasteiger partial charge in [-0.25, -0.2) is 14.8 Å². The molecule has 1 saturated carbocycles. The molecule has 3 aromatic rings. The average molecular weight is 698 g/mol. The minimum atomic E-state index is -5.07. The van der Waals surface area contributed by atoms with Crippen LogP contribution in [-0.4, -0.2) is 56.3 Å². The summed E-state index contributed by atoms with van der Waals surface area (Å²) in [5.74, 6) is 0.476. The summed E-state index contributed by atoms with van der Waals surface area (Å²) >= 11 is 0. The second-order valence-electron chi connectivity index (χ2n) is 12.8. The van der Waals surface area contributed by atoms with Gasteiger partial charge in [0, 0.05) is 19.5 Å². The van der Waals surface area contributed by atoms with E-state index in [4.69, 9.17) is 19.2 Å². The number of aromatic nitrogens is 3. The van der Waals surface area contributed by atoms with Gasteiger partial charge in [0.25, 0.3) is 0 Å². The molecule has 266 valence electrons. The minimum absolute atomic E-state index is 0.0305. The maximum Gasteiger partial charge on any atom is 0.416 e. The Morgan fingerprint density at radius 2 is 1.63 bits per heavy atom. The number of carboxylic acid groups (broad SMARTS) is 1. The smallest absolute Gasteiger partial charge is 0.416 e. The van der Waals surface area contributed by atoms with Crippen LogP contribution in [0.5, 0.6) is 0 Å². The lowest BCUT2D eigenvalue weighted by Gasteiger charge is -2.33. The molecule has 1 aliphatic carbocycles. The van der Waals surface area contributed by atoms with Crippen LogP contribution < -0.4 is 4.90 Å². The van der Waals surface area contributed by atoms with E-state index in [2.05, 4.69) is 5.16 Å². The molecule has 5 rings (SSSR count). The number of hydrogen-bond acceptors (Lipinski definition) is 8. The number of ether oxygens (including phenoxy) is 1. The van der Waals surface area contributed by atoms with E-state index in [0.29, 0.717) is 59.4 Å². The summed E-state index contributed by atoms with van der Waals surface area (Å²) in [5, 5.41) is 13.2. The summed E-state index contributed by atoms with van der Waals surface area (Å²) in [5.41, 5.74) is -1.55. The fourth-order valence-electron chi connectivity index (χ4n) is 6.77. The van der Waals surface area contributed by atoms with Crippen LogP contribution in [0.25, 0.3) is 11.3 Å². The SMILES string of the molecule is CCN(CC1CCC(CC(=O)O)CC1)c1ncc(-c2c(C)noc2C)nc1CN1C(=O)O[C@H](c2cc(C(F)(F)F)cc(C(F)(F)F)c2)[C@@H]1C. The standard InChI is InChI=1S/C33H37F6N5O5/c1-5-43(15-21-8-6-20(7-9-21)10-27(45)46)30-26(41-25(14-40-30)28-17(2)42-49-19(28)4)16-44-18(3)29(48-31(44)47)22-11-23(32(34,35)36)13-24(12-22)33(37,38)39/h11-14,18,20-21,29H,5-10,15-16H2,1-4H3,(H,45,46)/t18-,20?,21?,29-/m0/s1. The summed E-state index contributed by atoms with van der Waals surface area (Å²) in [7, 11) is 0. The highest BCUT2D eigenvalue weighted by molar-refractivity contribution is 5.72. The van der Waals surface area contributed by atoms with E-state index in [1.807, 2.05) is 11.8 Å². The molecule has 1 saturated heterocycles. The monoisotopic (exact) mass is 697 g/mol. The zero-order valence-corrected chi connectivity index (χ0v) is 27.4. The Labute approximate surface area is 278 Å². The molecule has 2 aliphatic rings. The minimum Gasteiger partial charge on any atom is -0.481 e. The number of hydrogen-bond donors (Lipinski definition) is 1. The first kappa shape index (κ1) is 35.9. The fraction of sp³-hybridized carbons (Fsp3) is 0.545. The Kier molecular flexibility index (Phi) is 10.2. The summed E-state index contributed by atoms with van der Waals surface area (Å²) in [6.45, 7) is 7.74. The highest BCUT2D eigenvalue weighted by atomic mass is 19.4. The largest absolute Gasteiger partial charge is 0.481 e. The number of alkyl halides is 6. The Bertz CT molecular complexity index is 1630. The molecule has 16 heteroatoms. The molecule has 1 aliphatic heterocycles. The van der Waals surface area contributed by atoms with Gasteiger partial charge in [-0.3, -0.25) is 9.69 Å². The van der Waals surface area contributed by atoms with Crippen molar-refractivity contribution in [2.45, 2.75) is 90.8 Å². The Hall–Kier alpha value is -4.37. The number of aryl methyl sites for hydroxylation is 2. The molecule has 10 nitrogen and oxygen atoms in total. The normalized spacial score (nSPS) is 21.6. The molecule has 1 aromatic carbocycles. The summed E-state index contributed by atoms with van der Waals surface area (Å²) in [6, 6.07) is 0.193. The van der Waals surface area contributed by atoms with Crippen LogP contribution in [0.15, 0.2) is 28.9 Å². The van der Waals surface area contributed by atoms with E-state index in [9.17, 15) is 41.0 Å². The van der Waals surface area contributed by atoms with Crippen molar-refractivity contribution in [2.75, 3.05) is 18.0 Å². The zero-order valence-electron chi connectivity index (χ0n) is 27.4. The van der Waals surface area contributed by atoms with E-state index in [1.54, 1.807) is 20.0 Å². The predicted molar refractivity (Wildman–Crippen MR) is 163 cm³/mol. The summed E-state index contributed by atoms with van der Waals surface area (Å²) in [6.07, 6.45) is -7.59. The van der Waals surface area contributed by atoms with Crippen LogP contribution in [0.4, 0.5) is 37.0 Å². The van der Waals surface area contributed by atoms with Gasteiger partial charge in [-0.15, -0.1) is 0 Å². The van der Waals surface area contributed by atoms with Gasteiger partial charge >= 0.3 is 24.4 Å². The third-order valence-electron chi connectivity index (χ3n) is 9.35. The lowest BCUT2D eigenvalue weighted by atomic mass is 9.80. The Morgan fingerprint density at radius 1 is 1.02 bits per heavy atom. The van der Waals surface area contributed by atoms with Gasteiger partial charge in [-0.1, -0.05) is 5.16 Å². The zero-order chi connectivity index (χ0) is 35.8. The molecule has 1 amide bonds. The van der Waals surface area contributed by atoms with Crippen molar-refractivity contribution in [1.29, 1.82) is 0 Å². The highest BCUT2D eigenvalue weighted by Gasteiger charge is 2.44. The number of anilines is 1. The maximum atomic E-state index is 13.6. The van der Waals surface area contributed by atoms with Crippen molar-refractivity contribution in [3.05, 3.63) is 58.2 Å². The molecular formula is C33H37F6N5O5. The van der Waals surface area contributed by atoms with Crippen LogP contribution in [0.3, 0.4) is 0 Å². The second kappa shape index (κ2) is 13.9. The van der Waals surface area contributed by atoms with Gasteiger partial charge < -0.3 is 19.3 Å². The number of carbonyl (C=O) groups excluding carboxylic acids is 1. The summed E-state index contributed by atoms with van der Waals surface area (Å²) in [4.78, 5) is 37.3. The lowest BCUT2D eigenvalue weighted by Crippen LogP contribution is -2.36. The van der Waals surface area contributed by atoms with Crippen molar-refractivity contribution in [3.8, 4) is 11.3 Å². The van der Waals surface area contributed by atoms with Gasteiger partial charge in [0.05, 0.1) is 46.9 Å². The molecule has 0 unspecified atom stereocenters. The molecule has 49 heavy (non-hydrogen) atoms. The number of halogens is 6. The van der Waals surface area contributed by atoms with E-state index >= 15 is 0 Å². The molecule has 0 bridgehead atoms. The number of benzene rings is 1. The number of cyclic esters (lactones) is 1. The molecule has 0 spiro atoms. The van der Waals surface area contributed by atoms with Crippen LogP contribution >= 0.6 is 0 Å². The Balaban J connectivity index is 1.47. The first-order valence-electron chi connectivity index (χ1n) is 16.0. The van der Waals surface area contributed by atoms with Gasteiger partial charge in [0.1, 0.15) is 17.6 Å². The number of amides is 1. The molecule has 2 aromatic heterocycles. The Morgan fingerprint density at radius 3 is 2.16 bits per heavy atom. The first-order chi connectivity index (χ1) is 23.0. The molecule has 2 fully saturated rings. The third kappa shape index (κ3) is 7.93.